The van der Waals surface area contributed by atoms with E-state index in [9.17, 15) is 4.79 Å². The summed E-state index contributed by atoms with van der Waals surface area (Å²) in [6, 6.07) is 7.90. The minimum Gasteiger partial charge on any atom is -0.340 e. The SMILES string of the molecule is CCCCN(C)C(=O)c1cc(Nc2cc(C)cc(C)c2)ncn1. The molecule has 1 heterocycles. The van der Waals surface area contributed by atoms with Crippen LogP contribution >= 0.6 is 0 Å². The van der Waals surface area contributed by atoms with E-state index in [2.05, 4.69) is 42.1 Å². The molecule has 5 nitrogen and oxygen atoms in total. The zero-order valence-electron chi connectivity index (χ0n) is 14.3. The Kier molecular flexibility index (Phi) is 5.68. The third kappa shape index (κ3) is 4.77. The van der Waals surface area contributed by atoms with E-state index in [1.54, 1.807) is 18.0 Å². The number of carbonyl (C=O) groups excluding carboxylic acids is 1. The topological polar surface area (TPSA) is 58.1 Å². The van der Waals surface area contributed by atoms with Crippen LogP contribution in [0.3, 0.4) is 0 Å². The predicted molar refractivity (Wildman–Crippen MR) is 93.1 cm³/mol. The van der Waals surface area contributed by atoms with Gasteiger partial charge < -0.3 is 10.2 Å². The standard InChI is InChI=1S/C18H24N4O/c1-5-6-7-22(4)18(23)16-11-17(20-12-19-16)21-15-9-13(2)8-14(3)10-15/h8-12H,5-7H2,1-4H3,(H,19,20,21). The molecule has 122 valence electrons. The lowest BCUT2D eigenvalue weighted by Crippen LogP contribution is -2.28. The third-order valence-corrected chi connectivity index (χ3v) is 3.57. The van der Waals surface area contributed by atoms with Crippen LogP contribution in [0.5, 0.6) is 0 Å². The van der Waals surface area contributed by atoms with Crippen LogP contribution in [0.1, 0.15) is 41.4 Å². The molecule has 2 aromatic rings. The van der Waals surface area contributed by atoms with Crippen LogP contribution in [-0.4, -0.2) is 34.4 Å². The highest BCUT2D eigenvalue weighted by atomic mass is 16.2. The molecule has 0 saturated heterocycles. The molecule has 5 heteroatoms. The molecule has 0 aliphatic carbocycles. The molecule has 0 fully saturated rings. The molecule has 2 rings (SSSR count). The molecule has 0 unspecified atom stereocenters. The first-order valence-electron chi connectivity index (χ1n) is 7.92. The number of nitrogens with one attached hydrogen (secondary N) is 1. The van der Waals surface area contributed by atoms with Crippen molar-refractivity contribution in [2.24, 2.45) is 0 Å². The van der Waals surface area contributed by atoms with E-state index in [-0.39, 0.29) is 5.91 Å². The highest BCUT2D eigenvalue weighted by Crippen LogP contribution is 2.18. The molecule has 1 aromatic heterocycles. The largest absolute Gasteiger partial charge is 0.340 e. The van der Waals surface area contributed by atoms with Gasteiger partial charge >= 0.3 is 0 Å². The summed E-state index contributed by atoms with van der Waals surface area (Å²) in [7, 11) is 1.80. The second-order valence-electron chi connectivity index (χ2n) is 5.87. The molecular formula is C18H24N4O. The van der Waals surface area contributed by atoms with Gasteiger partial charge in [0.15, 0.2) is 0 Å². The van der Waals surface area contributed by atoms with E-state index in [1.165, 1.54) is 17.5 Å². The van der Waals surface area contributed by atoms with Crippen molar-refractivity contribution in [1.82, 2.24) is 14.9 Å². The number of aromatic nitrogens is 2. The molecule has 0 saturated carbocycles. The fourth-order valence-corrected chi connectivity index (χ4v) is 2.43. The monoisotopic (exact) mass is 312 g/mol. The van der Waals surface area contributed by atoms with Crippen molar-refractivity contribution in [3.05, 3.63) is 47.4 Å². The lowest BCUT2D eigenvalue weighted by molar-refractivity contribution is 0.0787. The van der Waals surface area contributed by atoms with Crippen LogP contribution in [0, 0.1) is 13.8 Å². The summed E-state index contributed by atoms with van der Waals surface area (Å²) in [6.45, 7) is 6.94. The van der Waals surface area contributed by atoms with Gasteiger partial charge in [-0.05, 0) is 43.5 Å². The molecule has 0 radical (unpaired) electrons. The Morgan fingerprint density at radius 2 is 1.83 bits per heavy atom. The summed E-state index contributed by atoms with van der Waals surface area (Å²) in [5, 5.41) is 3.24. The number of hydrogen-bond acceptors (Lipinski definition) is 4. The predicted octanol–water partition coefficient (Wildman–Crippen LogP) is 3.71. The van der Waals surface area contributed by atoms with Gasteiger partial charge in [0.2, 0.25) is 0 Å². The highest BCUT2D eigenvalue weighted by Gasteiger charge is 2.13. The minimum absolute atomic E-state index is 0.0793. The molecule has 1 aromatic carbocycles. The summed E-state index contributed by atoms with van der Waals surface area (Å²) in [5.74, 6) is 0.543. The van der Waals surface area contributed by atoms with E-state index in [4.69, 9.17) is 0 Å². The number of rotatable bonds is 6. The van der Waals surface area contributed by atoms with Crippen molar-refractivity contribution < 1.29 is 4.79 Å². The van der Waals surface area contributed by atoms with E-state index >= 15 is 0 Å². The molecule has 0 aliphatic heterocycles. The van der Waals surface area contributed by atoms with Crippen molar-refractivity contribution in [2.75, 3.05) is 18.9 Å². The van der Waals surface area contributed by atoms with E-state index in [1.807, 2.05) is 12.1 Å². The minimum atomic E-state index is -0.0793. The molecule has 1 amide bonds. The number of anilines is 2. The maximum absolute atomic E-state index is 12.4. The number of hydrogen-bond donors (Lipinski definition) is 1. The van der Waals surface area contributed by atoms with Crippen molar-refractivity contribution in [1.29, 1.82) is 0 Å². The van der Waals surface area contributed by atoms with Crippen molar-refractivity contribution in [3.63, 3.8) is 0 Å². The molecule has 0 aliphatic rings. The first-order chi connectivity index (χ1) is 11.0. The lowest BCUT2D eigenvalue weighted by Gasteiger charge is -2.16. The van der Waals surface area contributed by atoms with Crippen LogP contribution in [0.15, 0.2) is 30.6 Å². The van der Waals surface area contributed by atoms with Gasteiger partial charge in [-0.1, -0.05) is 19.4 Å². The average molecular weight is 312 g/mol. The van der Waals surface area contributed by atoms with Gasteiger partial charge in [0.05, 0.1) is 0 Å². The average Bonchev–Trinajstić information content (AvgIpc) is 2.51. The summed E-state index contributed by atoms with van der Waals surface area (Å²) in [6.07, 6.45) is 3.47. The Bertz CT molecular complexity index is 664. The fourth-order valence-electron chi connectivity index (χ4n) is 2.43. The second kappa shape index (κ2) is 7.72. The Balaban J connectivity index is 2.14. The number of aryl methyl sites for hydroxylation is 2. The number of benzene rings is 1. The molecule has 0 spiro atoms. The van der Waals surface area contributed by atoms with Gasteiger partial charge in [0, 0.05) is 25.3 Å². The quantitative estimate of drug-likeness (QED) is 0.883. The maximum Gasteiger partial charge on any atom is 0.272 e. The Morgan fingerprint density at radius 3 is 2.48 bits per heavy atom. The molecule has 0 bridgehead atoms. The lowest BCUT2D eigenvalue weighted by atomic mass is 10.1. The maximum atomic E-state index is 12.4. The van der Waals surface area contributed by atoms with Crippen molar-refractivity contribution >= 4 is 17.4 Å². The fraction of sp³-hybridized carbons (Fsp3) is 0.389. The molecule has 23 heavy (non-hydrogen) atoms. The second-order valence-corrected chi connectivity index (χ2v) is 5.87. The summed E-state index contributed by atoms with van der Waals surface area (Å²) < 4.78 is 0. The third-order valence-electron chi connectivity index (χ3n) is 3.57. The van der Waals surface area contributed by atoms with Gasteiger partial charge in [-0.2, -0.15) is 0 Å². The van der Waals surface area contributed by atoms with E-state index < -0.39 is 0 Å². The smallest absolute Gasteiger partial charge is 0.272 e. The Hall–Kier alpha value is -2.43. The normalized spacial score (nSPS) is 10.4. The van der Waals surface area contributed by atoms with Gasteiger partial charge in [-0.25, -0.2) is 9.97 Å². The number of nitrogens with zero attached hydrogens (tertiary/aromatic N) is 3. The van der Waals surface area contributed by atoms with Crippen molar-refractivity contribution in [3.8, 4) is 0 Å². The summed E-state index contributed by atoms with van der Waals surface area (Å²) in [4.78, 5) is 22.4. The highest BCUT2D eigenvalue weighted by molar-refractivity contribution is 5.92. The van der Waals surface area contributed by atoms with E-state index in [0.717, 1.165) is 25.1 Å². The van der Waals surface area contributed by atoms with Crippen LogP contribution in [0.4, 0.5) is 11.5 Å². The van der Waals surface area contributed by atoms with Crippen LogP contribution in [0.25, 0.3) is 0 Å². The zero-order chi connectivity index (χ0) is 16.8. The summed E-state index contributed by atoms with van der Waals surface area (Å²) >= 11 is 0. The molecule has 1 N–H and O–H groups in total. The van der Waals surface area contributed by atoms with Crippen LogP contribution in [-0.2, 0) is 0 Å². The van der Waals surface area contributed by atoms with Gasteiger partial charge in [-0.15, -0.1) is 0 Å². The van der Waals surface area contributed by atoms with Gasteiger partial charge in [-0.3, -0.25) is 4.79 Å². The van der Waals surface area contributed by atoms with Crippen LogP contribution < -0.4 is 5.32 Å². The number of unbranched alkanes of at least 4 members (excludes halogenated alkanes) is 1. The van der Waals surface area contributed by atoms with Crippen molar-refractivity contribution in [2.45, 2.75) is 33.6 Å². The number of carbonyl (C=O) groups is 1. The van der Waals surface area contributed by atoms with E-state index in [0.29, 0.717) is 11.5 Å². The summed E-state index contributed by atoms with van der Waals surface area (Å²) in [5.41, 5.74) is 3.72. The van der Waals surface area contributed by atoms with Gasteiger partial charge in [0.25, 0.3) is 5.91 Å². The van der Waals surface area contributed by atoms with Crippen LogP contribution in [0.2, 0.25) is 0 Å². The first-order valence-corrected chi connectivity index (χ1v) is 7.92. The number of amides is 1. The Morgan fingerprint density at radius 1 is 1.13 bits per heavy atom. The zero-order valence-corrected chi connectivity index (χ0v) is 14.3. The Labute approximate surface area is 137 Å². The first kappa shape index (κ1) is 16.9. The molecular weight excluding hydrogens is 288 g/mol. The molecule has 0 atom stereocenters. The van der Waals surface area contributed by atoms with Gasteiger partial charge in [0.1, 0.15) is 17.8 Å².